The first-order valence-corrected chi connectivity index (χ1v) is 2.36. The molecule has 0 spiro atoms. The van der Waals surface area contributed by atoms with E-state index in [1.807, 2.05) is 0 Å². The zero-order valence-electron chi connectivity index (χ0n) is 4.39. The summed E-state index contributed by atoms with van der Waals surface area (Å²) in [5.74, 6) is -0.211. The van der Waals surface area contributed by atoms with Crippen LogP contribution in [0.25, 0.3) is 0 Å². The molecule has 1 aromatic carbocycles. The van der Waals surface area contributed by atoms with Gasteiger partial charge in [0.25, 0.3) is 0 Å². The lowest BCUT2D eigenvalue weighted by Gasteiger charge is -1.86. The number of benzene rings is 1. The predicted octanol–water partition coefficient (Wildman–Crippen LogP) is 1.09. The van der Waals surface area contributed by atoms with Crippen LogP contribution in [0.15, 0.2) is 24.3 Å². The first-order valence-electron chi connectivity index (χ1n) is 2.36. The standard InChI is InChI=1S/C7H6F.Mg.2H/c1-6-2-4-7(8)5-3-6;;;/h2-5H,1H2;;;. The second kappa shape index (κ2) is 3.85. The number of hydrogen-bond acceptors (Lipinski definition) is 0. The normalized spacial score (nSPS) is 8.22. The summed E-state index contributed by atoms with van der Waals surface area (Å²) in [5, 5.41) is 0. The molecule has 45 valence electrons. The third-order valence-electron chi connectivity index (χ3n) is 0.913. The molecule has 1 aromatic rings. The molecule has 0 saturated heterocycles. The molecule has 0 nitrogen and oxygen atoms in total. The molecule has 0 fully saturated rings. The minimum absolute atomic E-state index is 0. The summed E-state index contributed by atoms with van der Waals surface area (Å²) in [5.41, 5.74) is 0.839. The van der Waals surface area contributed by atoms with Crippen LogP contribution in [0.1, 0.15) is 5.56 Å². The Bertz CT molecular complexity index is 148. The van der Waals surface area contributed by atoms with Gasteiger partial charge in [0.05, 0.1) is 0 Å². The fourth-order valence-corrected chi connectivity index (χ4v) is 0.484. The third-order valence-corrected chi connectivity index (χ3v) is 0.913. The SMILES string of the molecule is [CH2]c1ccc(F)cc1.[MgH2]. The van der Waals surface area contributed by atoms with Crippen molar-refractivity contribution in [2.24, 2.45) is 0 Å². The van der Waals surface area contributed by atoms with Crippen LogP contribution in [0.2, 0.25) is 0 Å². The van der Waals surface area contributed by atoms with Gasteiger partial charge in [0, 0.05) is 0 Å². The fourth-order valence-electron chi connectivity index (χ4n) is 0.484. The summed E-state index contributed by atoms with van der Waals surface area (Å²) in [6, 6.07) is 6.05. The molecule has 9 heavy (non-hydrogen) atoms. The van der Waals surface area contributed by atoms with Crippen molar-refractivity contribution in [1.82, 2.24) is 0 Å². The number of hydrogen-bond donors (Lipinski definition) is 0. The largest absolute Gasteiger partial charge is 0.316 e. The summed E-state index contributed by atoms with van der Waals surface area (Å²) in [4.78, 5) is 0. The summed E-state index contributed by atoms with van der Waals surface area (Å²) >= 11 is 0. The molecular weight excluding hydrogens is 127 g/mol. The molecule has 0 bridgehead atoms. The van der Waals surface area contributed by atoms with Crippen molar-refractivity contribution >= 4 is 23.1 Å². The van der Waals surface area contributed by atoms with Gasteiger partial charge in [-0.3, -0.25) is 0 Å². The van der Waals surface area contributed by atoms with E-state index >= 15 is 0 Å². The summed E-state index contributed by atoms with van der Waals surface area (Å²) in [7, 11) is 0. The van der Waals surface area contributed by atoms with Crippen molar-refractivity contribution in [2.45, 2.75) is 0 Å². The van der Waals surface area contributed by atoms with Gasteiger partial charge in [-0.05, 0) is 24.6 Å². The van der Waals surface area contributed by atoms with Crippen LogP contribution in [0.3, 0.4) is 0 Å². The topological polar surface area (TPSA) is 0 Å². The van der Waals surface area contributed by atoms with Crippen LogP contribution in [0.4, 0.5) is 4.39 Å². The average molecular weight is 135 g/mol. The number of rotatable bonds is 0. The summed E-state index contributed by atoms with van der Waals surface area (Å²) in [6.07, 6.45) is 0. The molecule has 0 aromatic heterocycles. The molecule has 0 aliphatic rings. The van der Waals surface area contributed by atoms with Gasteiger partial charge in [0.15, 0.2) is 0 Å². The van der Waals surface area contributed by atoms with E-state index in [1.54, 1.807) is 12.1 Å². The highest BCUT2D eigenvalue weighted by Crippen LogP contribution is 1.98. The average Bonchev–Trinajstić information content (AvgIpc) is 1.77. The van der Waals surface area contributed by atoms with E-state index in [9.17, 15) is 4.39 Å². The Hall–Kier alpha value is -0.0838. The van der Waals surface area contributed by atoms with E-state index in [2.05, 4.69) is 6.92 Å². The lowest BCUT2D eigenvalue weighted by Crippen LogP contribution is -1.71. The van der Waals surface area contributed by atoms with E-state index in [-0.39, 0.29) is 28.9 Å². The van der Waals surface area contributed by atoms with Crippen LogP contribution in [0.5, 0.6) is 0 Å². The highest BCUT2D eigenvalue weighted by molar-refractivity contribution is 5.75. The molecule has 0 saturated carbocycles. The van der Waals surface area contributed by atoms with E-state index in [0.29, 0.717) is 0 Å². The highest BCUT2D eigenvalue weighted by Gasteiger charge is 1.83. The smallest absolute Gasteiger partial charge is 0.207 e. The summed E-state index contributed by atoms with van der Waals surface area (Å²) < 4.78 is 12.1. The molecule has 0 amide bonds. The van der Waals surface area contributed by atoms with Gasteiger partial charge in [0.1, 0.15) is 5.82 Å². The maximum absolute atomic E-state index is 12.1. The van der Waals surface area contributed by atoms with Gasteiger partial charge in [-0.1, -0.05) is 12.1 Å². The minimum atomic E-state index is -0.211. The first kappa shape index (κ1) is 8.92. The van der Waals surface area contributed by atoms with Gasteiger partial charge in [-0.25, -0.2) is 4.39 Å². The predicted molar refractivity (Wildman–Crippen MR) is 39.4 cm³/mol. The monoisotopic (exact) mass is 135 g/mol. The Morgan fingerprint density at radius 2 is 1.56 bits per heavy atom. The summed E-state index contributed by atoms with van der Waals surface area (Å²) in [6.45, 7) is 3.60. The lowest BCUT2D eigenvalue weighted by molar-refractivity contribution is 0.627. The minimum Gasteiger partial charge on any atom is -0.207 e. The van der Waals surface area contributed by atoms with Crippen LogP contribution < -0.4 is 0 Å². The van der Waals surface area contributed by atoms with E-state index in [0.717, 1.165) is 5.56 Å². The maximum atomic E-state index is 12.1. The molecule has 0 unspecified atom stereocenters. The van der Waals surface area contributed by atoms with Crippen LogP contribution in [-0.4, -0.2) is 23.1 Å². The molecule has 0 aliphatic carbocycles. The number of halogens is 1. The molecule has 0 heterocycles. The van der Waals surface area contributed by atoms with Crippen molar-refractivity contribution in [1.29, 1.82) is 0 Å². The Morgan fingerprint density at radius 3 is 1.89 bits per heavy atom. The molecule has 0 aliphatic heterocycles. The zero-order chi connectivity index (χ0) is 5.98. The van der Waals surface area contributed by atoms with E-state index < -0.39 is 0 Å². The van der Waals surface area contributed by atoms with Crippen LogP contribution >= 0.6 is 0 Å². The second-order valence-electron chi connectivity index (χ2n) is 1.63. The van der Waals surface area contributed by atoms with Crippen LogP contribution in [0, 0.1) is 12.7 Å². The van der Waals surface area contributed by atoms with Gasteiger partial charge in [-0.2, -0.15) is 0 Å². The van der Waals surface area contributed by atoms with Gasteiger partial charge >= 0.3 is 23.1 Å². The molecule has 1 rings (SSSR count). The highest BCUT2D eigenvalue weighted by atomic mass is 24.3. The van der Waals surface area contributed by atoms with Crippen LogP contribution in [-0.2, 0) is 0 Å². The van der Waals surface area contributed by atoms with Gasteiger partial charge in [-0.15, -0.1) is 0 Å². The Kier molecular flexibility index (Phi) is 3.82. The molecule has 1 radical (unpaired) electrons. The lowest BCUT2D eigenvalue weighted by atomic mass is 10.2. The Labute approximate surface area is 70.2 Å². The van der Waals surface area contributed by atoms with Crippen molar-refractivity contribution < 1.29 is 4.39 Å². The van der Waals surface area contributed by atoms with Crippen molar-refractivity contribution in [3.63, 3.8) is 0 Å². The quantitative estimate of drug-likeness (QED) is 0.467. The molecular formula is C7H8FMg. The third kappa shape index (κ3) is 2.82. The van der Waals surface area contributed by atoms with Crippen molar-refractivity contribution in [2.75, 3.05) is 0 Å². The Morgan fingerprint density at radius 1 is 1.11 bits per heavy atom. The maximum Gasteiger partial charge on any atom is 0.316 e. The molecule has 2 heteroatoms. The molecule has 0 N–H and O–H groups in total. The fraction of sp³-hybridized carbons (Fsp3) is 0. The van der Waals surface area contributed by atoms with Crippen molar-refractivity contribution in [3.8, 4) is 0 Å². The Balaban J connectivity index is 0.000000640. The second-order valence-corrected chi connectivity index (χ2v) is 1.63. The molecule has 0 atom stereocenters. The van der Waals surface area contributed by atoms with Gasteiger partial charge in [0.2, 0.25) is 0 Å². The van der Waals surface area contributed by atoms with E-state index in [1.165, 1.54) is 12.1 Å². The van der Waals surface area contributed by atoms with Gasteiger partial charge < -0.3 is 0 Å². The van der Waals surface area contributed by atoms with E-state index in [4.69, 9.17) is 0 Å². The first-order chi connectivity index (χ1) is 3.79. The zero-order valence-corrected chi connectivity index (χ0v) is 4.39. The van der Waals surface area contributed by atoms with Crippen molar-refractivity contribution in [3.05, 3.63) is 42.6 Å².